The molecule has 0 aromatic carbocycles. The quantitative estimate of drug-likeness (QED) is 0.577. The fourth-order valence-electron chi connectivity index (χ4n) is 1.28. The summed E-state index contributed by atoms with van der Waals surface area (Å²) in [7, 11) is 2.06. The van der Waals surface area contributed by atoms with E-state index in [0.717, 1.165) is 6.54 Å². The van der Waals surface area contributed by atoms with Crippen LogP contribution >= 0.6 is 11.3 Å². The zero-order valence-electron chi connectivity index (χ0n) is 8.66. The molecule has 3 N–H and O–H groups in total. The Morgan fingerprint density at radius 2 is 2.43 bits per heavy atom. The maximum Gasteiger partial charge on any atom is 0.0920 e. The summed E-state index contributed by atoms with van der Waals surface area (Å²) in [6.45, 7) is 3.03. The summed E-state index contributed by atoms with van der Waals surface area (Å²) in [6.07, 6.45) is 0.641. The first kappa shape index (κ1) is 11.2. The van der Waals surface area contributed by atoms with Crippen molar-refractivity contribution in [2.75, 3.05) is 7.05 Å². The van der Waals surface area contributed by atoms with Gasteiger partial charge in [0.25, 0.3) is 0 Å². The summed E-state index contributed by atoms with van der Waals surface area (Å²) in [5, 5.41) is 9.30. The Balaban J connectivity index is 2.41. The molecule has 1 rings (SSSR count). The second-order valence-electron chi connectivity index (χ2n) is 3.57. The first-order valence-corrected chi connectivity index (χ1v) is 5.53. The standard InChI is InChI=1S/C10H17N3S/c1-8(6-10(11)12)13(2)7-9-4-3-5-14-9/h3-5,8H,6-7H2,1-2H3,(H3,11,12). The smallest absolute Gasteiger partial charge is 0.0920 e. The highest BCUT2D eigenvalue weighted by molar-refractivity contribution is 7.09. The van der Waals surface area contributed by atoms with Crippen molar-refractivity contribution >= 4 is 17.2 Å². The minimum atomic E-state index is 0.260. The van der Waals surface area contributed by atoms with Gasteiger partial charge in [0.15, 0.2) is 0 Å². The fourth-order valence-corrected chi connectivity index (χ4v) is 2.05. The van der Waals surface area contributed by atoms with Gasteiger partial charge in [-0.2, -0.15) is 0 Å². The van der Waals surface area contributed by atoms with E-state index in [1.54, 1.807) is 11.3 Å². The molecule has 0 aliphatic carbocycles. The van der Waals surface area contributed by atoms with Crippen LogP contribution in [-0.4, -0.2) is 23.8 Å². The molecule has 14 heavy (non-hydrogen) atoms. The molecule has 3 nitrogen and oxygen atoms in total. The minimum Gasteiger partial charge on any atom is -0.388 e. The van der Waals surface area contributed by atoms with Gasteiger partial charge in [-0.1, -0.05) is 6.07 Å². The number of nitrogens with zero attached hydrogens (tertiary/aromatic N) is 1. The van der Waals surface area contributed by atoms with Crippen LogP contribution in [0.5, 0.6) is 0 Å². The molecule has 78 valence electrons. The van der Waals surface area contributed by atoms with Gasteiger partial charge in [0.2, 0.25) is 0 Å². The van der Waals surface area contributed by atoms with Crippen LogP contribution < -0.4 is 5.73 Å². The van der Waals surface area contributed by atoms with Crippen LogP contribution in [0.1, 0.15) is 18.2 Å². The van der Waals surface area contributed by atoms with Gasteiger partial charge in [-0.15, -0.1) is 11.3 Å². The lowest BCUT2D eigenvalue weighted by molar-refractivity contribution is 0.256. The summed E-state index contributed by atoms with van der Waals surface area (Å²) < 4.78 is 0. The maximum atomic E-state index is 7.22. The molecule has 1 aromatic rings. The van der Waals surface area contributed by atoms with Crippen molar-refractivity contribution < 1.29 is 0 Å². The summed E-state index contributed by atoms with van der Waals surface area (Å²) >= 11 is 1.76. The lowest BCUT2D eigenvalue weighted by Gasteiger charge is -2.23. The van der Waals surface area contributed by atoms with Gasteiger partial charge in [-0.3, -0.25) is 10.3 Å². The number of amidine groups is 1. The van der Waals surface area contributed by atoms with Gasteiger partial charge in [-0.25, -0.2) is 0 Å². The number of rotatable bonds is 5. The molecule has 4 heteroatoms. The second kappa shape index (κ2) is 5.12. The predicted octanol–water partition coefficient (Wildman–Crippen LogP) is 1.89. The van der Waals surface area contributed by atoms with E-state index in [9.17, 15) is 0 Å². The molecular formula is C10H17N3S. The molecule has 1 unspecified atom stereocenters. The molecular weight excluding hydrogens is 194 g/mol. The maximum absolute atomic E-state index is 7.22. The van der Waals surface area contributed by atoms with Crippen LogP contribution in [0.3, 0.4) is 0 Å². The van der Waals surface area contributed by atoms with E-state index >= 15 is 0 Å². The van der Waals surface area contributed by atoms with Crippen LogP contribution in [0.2, 0.25) is 0 Å². The average Bonchev–Trinajstić information content (AvgIpc) is 2.55. The lowest BCUT2D eigenvalue weighted by atomic mass is 10.2. The highest BCUT2D eigenvalue weighted by atomic mass is 32.1. The van der Waals surface area contributed by atoms with E-state index in [-0.39, 0.29) is 5.84 Å². The van der Waals surface area contributed by atoms with Gasteiger partial charge in [0.05, 0.1) is 5.84 Å². The molecule has 0 spiro atoms. The largest absolute Gasteiger partial charge is 0.388 e. The van der Waals surface area contributed by atoms with Crippen LogP contribution in [0.25, 0.3) is 0 Å². The Morgan fingerprint density at radius 1 is 1.71 bits per heavy atom. The van der Waals surface area contributed by atoms with Crippen molar-refractivity contribution in [3.8, 4) is 0 Å². The number of hydrogen-bond donors (Lipinski definition) is 2. The van der Waals surface area contributed by atoms with Gasteiger partial charge in [0, 0.05) is 23.9 Å². The van der Waals surface area contributed by atoms with Crippen LogP contribution in [-0.2, 0) is 6.54 Å². The minimum absolute atomic E-state index is 0.260. The topological polar surface area (TPSA) is 53.1 Å². The van der Waals surface area contributed by atoms with Crippen molar-refractivity contribution in [3.05, 3.63) is 22.4 Å². The zero-order chi connectivity index (χ0) is 10.6. The average molecular weight is 211 g/mol. The summed E-state index contributed by atoms with van der Waals surface area (Å²) in [4.78, 5) is 3.57. The fraction of sp³-hybridized carbons (Fsp3) is 0.500. The van der Waals surface area contributed by atoms with Crippen molar-refractivity contribution in [1.82, 2.24) is 4.90 Å². The van der Waals surface area contributed by atoms with Gasteiger partial charge < -0.3 is 5.73 Å². The van der Waals surface area contributed by atoms with E-state index in [1.165, 1.54) is 4.88 Å². The van der Waals surface area contributed by atoms with Gasteiger partial charge in [-0.05, 0) is 25.4 Å². The van der Waals surface area contributed by atoms with Gasteiger partial charge >= 0.3 is 0 Å². The van der Waals surface area contributed by atoms with Crippen molar-refractivity contribution in [2.24, 2.45) is 5.73 Å². The number of thiophene rings is 1. The zero-order valence-corrected chi connectivity index (χ0v) is 9.47. The molecule has 0 aliphatic heterocycles. The van der Waals surface area contributed by atoms with Crippen LogP contribution in [0.15, 0.2) is 17.5 Å². The van der Waals surface area contributed by atoms with E-state index in [2.05, 4.69) is 36.4 Å². The molecule has 0 amide bonds. The van der Waals surface area contributed by atoms with E-state index in [1.807, 2.05) is 0 Å². The van der Waals surface area contributed by atoms with Crippen molar-refractivity contribution in [3.63, 3.8) is 0 Å². The van der Waals surface area contributed by atoms with Crippen LogP contribution in [0.4, 0.5) is 0 Å². The summed E-state index contributed by atoms with van der Waals surface area (Å²) in [5.74, 6) is 0.260. The Labute approximate surface area is 89.0 Å². The molecule has 0 saturated heterocycles. The SMILES string of the molecule is CC(CC(=N)N)N(C)Cc1cccs1. The first-order valence-electron chi connectivity index (χ1n) is 4.65. The summed E-state index contributed by atoms with van der Waals surface area (Å²) in [5.41, 5.74) is 5.36. The number of hydrogen-bond acceptors (Lipinski definition) is 3. The van der Waals surface area contributed by atoms with Gasteiger partial charge in [0.1, 0.15) is 0 Å². The normalized spacial score (nSPS) is 13.1. The van der Waals surface area contributed by atoms with E-state index in [0.29, 0.717) is 12.5 Å². The monoisotopic (exact) mass is 211 g/mol. The van der Waals surface area contributed by atoms with E-state index in [4.69, 9.17) is 11.1 Å². The third-order valence-electron chi connectivity index (χ3n) is 2.25. The molecule has 0 radical (unpaired) electrons. The third kappa shape index (κ3) is 3.47. The van der Waals surface area contributed by atoms with E-state index < -0.39 is 0 Å². The third-order valence-corrected chi connectivity index (χ3v) is 3.11. The Bertz CT molecular complexity index is 282. The Kier molecular flexibility index (Phi) is 4.10. The lowest BCUT2D eigenvalue weighted by Crippen LogP contribution is -2.32. The molecule has 0 aliphatic rings. The highest BCUT2D eigenvalue weighted by Gasteiger charge is 2.10. The number of nitrogens with one attached hydrogen (secondary N) is 1. The molecule has 0 fully saturated rings. The Morgan fingerprint density at radius 3 is 2.93 bits per heavy atom. The molecule has 0 saturated carbocycles. The molecule has 1 aromatic heterocycles. The molecule has 1 heterocycles. The highest BCUT2D eigenvalue weighted by Crippen LogP contribution is 2.13. The summed E-state index contributed by atoms with van der Waals surface area (Å²) in [6, 6.07) is 4.51. The van der Waals surface area contributed by atoms with Crippen molar-refractivity contribution in [1.29, 1.82) is 5.41 Å². The van der Waals surface area contributed by atoms with Crippen LogP contribution in [0, 0.1) is 5.41 Å². The molecule has 0 bridgehead atoms. The Hall–Kier alpha value is -0.870. The number of nitrogens with two attached hydrogens (primary N) is 1. The second-order valence-corrected chi connectivity index (χ2v) is 4.61. The first-order chi connectivity index (χ1) is 6.59. The predicted molar refractivity (Wildman–Crippen MR) is 61.8 cm³/mol. The molecule has 1 atom stereocenters. The van der Waals surface area contributed by atoms with Crippen molar-refractivity contribution in [2.45, 2.75) is 25.9 Å².